The fraction of sp³-hybridized carbons (Fsp3) is 0.522. The summed E-state index contributed by atoms with van der Waals surface area (Å²) in [5.74, 6) is 0.989. The van der Waals surface area contributed by atoms with Gasteiger partial charge in [0.05, 0.1) is 17.2 Å². The number of piperidine rings is 1. The van der Waals surface area contributed by atoms with Crippen LogP contribution in [0.4, 0.5) is 0 Å². The molecule has 7 nitrogen and oxygen atoms in total. The van der Waals surface area contributed by atoms with Crippen LogP contribution in [-0.4, -0.2) is 57.3 Å². The summed E-state index contributed by atoms with van der Waals surface area (Å²) in [4.78, 5) is 15.1. The van der Waals surface area contributed by atoms with E-state index in [9.17, 15) is 13.2 Å². The van der Waals surface area contributed by atoms with E-state index in [1.807, 2.05) is 38.1 Å². The van der Waals surface area contributed by atoms with E-state index in [0.29, 0.717) is 36.7 Å². The third-order valence-electron chi connectivity index (χ3n) is 6.19. The number of nitrogens with zero attached hydrogens (tertiary/aromatic N) is 2. The maximum atomic E-state index is 13.3. The maximum Gasteiger partial charge on any atom is 0.251 e. The van der Waals surface area contributed by atoms with E-state index >= 15 is 0 Å². The summed E-state index contributed by atoms with van der Waals surface area (Å²) in [6.45, 7) is 7.18. The van der Waals surface area contributed by atoms with Crippen molar-refractivity contribution >= 4 is 15.9 Å². The van der Waals surface area contributed by atoms with E-state index in [-0.39, 0.29) is 16.8 Å². The Morgan fingerprint density at radius 2 is 1.94 bits per heavy atom. The summed E-state index contributed by atoms with van der Waals surface area (Å²) < 4.78 is 33.7. The van der Waals surface area contributed by atoms with Crippen LogP contribution in [0.15, 0.2) is 39.8 Å². The number of rotatable bonds is 7. The number of benzene rings is 1. The maximum absolute atomic E-state index is 13.3. The summed E-state index contributed by atoms with van der Waals surface area (Å²) in [7, 11) is 0.188. The van der Waals surface area contributed by atoms with E-state index in [0.717, 1.165) is 24.2 Å². The van der Waals surface area contributed by atoms with Crippen molar-refractivity contribution in [2.24, 2.45) is 5.92 Å². The molecule has 0 radical (unpaired) electrons. The number of carbonyl (C=O) groups is 1. The van der Waals surface area contributed by atoms with Gasteiger partial charge in [-0.1, -0.05) is 6.92 Å². The molecule has 8 heteroatoms. The first-order chi connectivity index (χ1) is 14.6. The van der Waals surface area contributed by atoms with Crippen molar-refractivity contribution in [2.75, 3.05) is 33.7 Å². The lowest BCUT2D eigenvalue weighted by Gasteiger charge is -2.30. The van der Waals surface area contributed by atoms with Crippen molar-refractivity contribution in [3.8, 4) is 0 Å². The van der Waals surface area contributed by atoms with E-state index < -0.39 is 10.0 Å². The van der Waals surface area contributed by atoms with Crippen LogP contribution in [0.25, 0.3) is 0 Å². The third kappa shape index (κ3) is 5.19. The highest BCUT2D eigenvalue weighted by Gasteiger charge is 2.30. The first-order valence-corrected chi connectivity index (χ1v) is 12.1. The van der Waals surface area contributed by atoms with Crippen molar-refractivity contribution in [3.63, 3.8) is 0 Å². The highest BCUT2D eigenvalue weighted by atomic mass is 32.2. The largest absolute Gasteiger partial charge is 0.468 e. The molecule has 1 atom stereocenters. The van der Waals surface area contributed by atoms with E-state index in [1.54, 1.807) is 23.6 Å². The SMILES string of the molecule is Cc1cc(C(=O)NCC(c2ccco2)N(C)C)cc(S(=O)(=O)N2CCC(C)CC2)c1C. The molecule has 1 aliphatic heterocycles. The summed E-state index contributed by atoms with van der Waals surface area (Å²) in [5.41, 5.74) is 1.83. The van der Waals surface area contributed by atoms with Gasteiger partial charge in [-0.2, -0.15) is 4.31 Å². The standard InChI is InChI=1S/C23H33N3O4S/c1-16-8-10-26(11-9-16)31(28,29)22-14-19(13-17(2)18(22)3)23(27)24-15-20(25(4)5)21-7-6-12-30-21/h6-7,12-14,16,20H,8-11,15H2,1-5H3,(H,24,27). The van der Waals surface area contributed by atoms with Gasteiger partial charge in [0.15, 0.2) is 0 Å². The van der Waals surface area contributed by atoms with Crippen molar-refractivity contribution in [3.05, 3.63) is 53.0 Å². The van der Waals surface area contributed by atoms with Crippen LogP contribution in [0.3, 0.4) is 0 Å². The van der Waals surface area contributed by atoms with Gasteiger partial charge in [0.25, 0.3) is 5.91 Å². The minimum atomic E-state index is -3.64. The topological polar surface area (TPSA) is 82.9 Å². The molecule has 2 aromatic rings. The molecule has 0 spiro atoms. The van der Waals surface area contributed by atoms with Crippen LogP contribution in [0.1, 0.15) is 53.1 Å². The van der Waals surface area contributed by atoms with Gasteiger partial charge in [0, 0.05) is 25.2 Å². The molecule has 1 aliphatic rings. The van der Waals surface area contributed by atoms with Crippen LogP contribution in [-0.2, 0) is 10.0 Å². The van der Waals surface area contributed by atoms with E-state index in [4.69, 9.17) is 4.42 Å². The molecule has 0 aliphatic carbocycles. The molecule has 0 saturated carbocycles. The number of sulfonamides is 1. The second-order valence-corrected chi connectivity index (χ2v) is 10.6. The predicted molar refractivity (Wildman–Crippen MR) is 121 cm³/mol. The van der Waals surface area contributed by atoms with Gasteiger partial charge >= 0.3 is 0 Å². The summed E-state index contributed by atoms with van der Waals surface area (Å²) in [6.07, 6.45) is 3.32. The van der Waals surface area contributed by atoms with Gasteiger partial charge in [-0.15, -0.1) is 0 Å². The van der Waals surface area contributed by atoms with Crippen LogP contribution >= 0.6 is 0 Å². The van der Waals surface area contributed by atoms with Gasteiger partial charge in [-0.05, 0) is 82.1 Å². The Balaban J connectivity index is 1.82. The monoisotopic (exact) mass is 447 g/mol. The molecule has 1 unspecified atom stereocenters. The molecule has 0 bridgehead atoms. The Hall–Kier alpha value is -2.16. The molecule has 1 aromatic heterocycles. The number of aryl methyl sites for hydroxylation is 1. The summed E-state index contributed by atoms with van der Waals surface area (Å²) in [6, 6.07) is 6.83. The fourth-order valence-electron chi connectivity index (χ4n) is 3.90. The van der Waals surface area contributed by atoms with Gasteiger partial charge in [0.2, 0.25) is 10.0 Å². The lowest BCUT2D eigenvalue weighted by atomic mass is 10.0. The number of furan rings is 1. The zero-order valence-corrected chi connectivity index (χ0v) is 19.8. The molecule has 1 N–H and O–H groups in total. The normalized spacial score (nSPS) is 17.1. The minimum Gasteiger partial charge on any atom is -0.468 e. The first-order valence-electron chi connectivity index (χ1n) is 10.7. The second-order valence-electron chi connectivity index (χ2n) is 8.71. The number of likely N-dealkylation sites (N-methyl/N-ethyl adjacent to an activating group) is 1. The predicted octanol–water partition coefficient (Wildman–Crippen LogP) is 3.35. The number of hydrogen-bond acceptors (Lipinski definition) is 5. The quantitative estimate of drug-likeness (QED) is 0.704. The molecule has 170 valence electrons. The van der Waals surface area contributed by atoms with E-state index in [1.165, 1.54) is 6.07 Å². The Kier molecular flexibility index (Phi) is 7.24. The second kappa shape index (κ2) is 9.54. The van der Waals surface area contributed by atoms with E-state index in [2.05, 4.69) is 12.2 Å². The van der Waals surface area contributed by atoms with Gasteiger partial charge in [0.1, 0.15) is 5.76 Å². The highest BCUT2D eigenvalue weighted by molar-refractivity contribution is 7.89. The lowest BCUT2D eigenvalue weighted by molar-refractivity contribution is 0.0938. The molecular formula is C23H33N3O4S. The molecule has 1 fully saturated rings. The Morgan fingerprint density at radius 1 is 1.26 bits per heavy atom. The molecule has 1 saturated heterocycles. The fourth-order valence-corrected chi connectivity index (χ4v) is 5.69. The molecule has 2 heterocycles. The average molecular weight is 448 g/mol. The number of nitrogens with one attached hydrogen (secondary N) is 1. The average Bonchev–Trinajstić information content (AvgIpc) is 3.24. The number of amides is 1. The van der Waals surface area contributed by atoms with Gasteiger partial charge in [-0.25, -0.2) is 8.42 Å². The molecule has 1 amide bonds. The van der Waals surface area contributed by atoms with Crippen LogP contribution < -0.4 is 5.32 Å². The number of carbonyl (C=O) groups excluding carboxylic acids is 1. The summed E-state index contributed by atoms with van der Waals surface area (Å²) >= 11 is 0. The van der Waals surface area contributed by atoms with Gasteiger partial charge in [-0.3, -0.25) is 9.69 Å². The Labute approximate surface area is 185 Å². The van der Waals surface area contributed by atoms with Crippen molar-refractivity contribution in [1.29, 1.82) is 0 Å². The van der Waals surface area contributed by atoms with Crippen LogP contribution in [0.5, 0.6) is 0 Å². The Bertz CT molecular complexity index is 1010. The smallest absolute Gasteiger partial charge is 0.251 e. The van der Waals surface area contributed by atoms with Crippen LogP contribution in [0.2, 0.25) is 0 Å². The highest BCUT2D eigenvalue weighted by Crippen LogP contribution is 2.28. The first kappa shape index (κ1) is 23.5. The summed E-state index contributed by atoms with van der Waals surface area (Å²) in [5, 5.41) is 2.93. The zero-order valence-electron chi connectivity index (χ0n) is 19.0. The van der Waals surface area contributed by atoms with Crippen LogP contribution in [0, 0.1) is 19.8 Å². The molecular weight excluding hydrogens is 414 g/mol. The molecule has 1 aromatic carbocycles. The van der Waals surface area contributed by atoms with Gasteiger partial charge < -0.3 is 9.73 Å². The molecule has 31 heavy (non-hydrogen) atoms. The van der Waals surface area contributed by atoms with Crippen molar-refractivity contribution in [1.82, 2.24) is 14.5 Å². The lowest BCUT2D eigenvalue weighted by Crippen LogP contribution is -2.38. The number of hydrogen-bond donors (Lipinski definition) is 1. The van der Waals surface area contributed by atoms with Crippen molar-refractivity contribution in [2.45, 2.75) is 44.6 Å². The Morgan fingerprint density at radius 3 is 2.52 bits per heavy atom. The minimum absolute atomic E-state index is 0.121. The molecule has 3 rings (SSSR count). The zero-order chi connectivity index (χ0) is 22.8. The van der Waals surface area contributed by atoms with Crippen molar-refractivity contribution < 1.29 is 17.6 Å². The third-order valence-corrected chi connectivity index (χ3v) is 8.22.